The zero-order chi connectivity index (χ0) is 33.6. The van der Waals surface area contributed by atoms with Crippen LogP contribution < -0.4 is 0 Å². The van der Waals surface area contributed by atoms with E-state index in [1.54, 1.807) is 0 Å². The normalized spacial score (nSPS) is 13.3. The predicted molar refractivity (Wildman–Crippen MR) is 207 cm³/mol. The molecule has 2 heteroatoms. The molecule has 2 heterocycles. The smallest absolute Gasteiger partial charge is 0.0975 e. The highest BCUT2D eigenvalue weighted by Gasteiger charge is 2.35. The third kappa shape index (κ3) is 4.33. The van der Waals surface area contributed by atoms with E-state index in [1.165, 1.54) is 88.3 Å². The van der Waals surface area contributed by atoms with Gasteiger partial charge in [-0.25, -0.2) is 4.98 Å². The molecule has 0 radical (unpaired) electrons. The molecule has 6 aromatic carbocycles. The van der Waals surface area contributed by atoms with Gasteiger partial charge in [-0.3, -0.25) is 4.98 Å². The van der Waals surface area contributed by atoms with E-state index in [9.17, 15) is 0 Å². The van der Waals surface area contributed by atoms with Crippen LogP contribution in [0.1, 0.15) is 47.2 Å². The molecule has 0 saturated carbocycles. The van der Waals surface area contributed by atoms with Gasteiger partial charge in [0.25, 0.3) is 0 Å². The fraction of sp³-hybridized carbons (Fsp3) is 0.149. The lowest BCUT2D eigenvalue weighted by molar-refractivity contribution is 0.660. The first-order valence-electron chi connectivity index (χ1n) is 17.3. The van der Waals surface area contributed by atoms with E-state index in [4.69, 9.17) is 9.97 Å². The van der Waals surface area contributed by atoms with Gasteiger partial charge in [-0.05, 0) is 111 Å². The van der Waals surface area contributed by atoms with E-state index in [2.05, 4.69) is 157 Å². The van der Waals surface area contributed by atoms with E-state index in [0.717, 1.165) is 22.3 Å². The molecule has 2 aromatic heterocycles. The van der Waals surface area contributed by atoms with Gasteiger partial charge in [0, 0.05) is 27.9 Å². The lowest BCUT2D eigenvalue weighted by Crippen LogP contribution is -2.14. The van der Waals surface area contributed by atoms with Crippen molar-refractivity contribution >= 4 is 32.6 Å². The van der Waals surface area contributed by atoms with Crippen molar-refractivity contribution in [1.29, 1.82) is 0 Å². The highest BCUT2D eigenvalue weighted by atomic mass is 14.8. The molecule has 0 aliphatic heterocycles. The van der Waals surface area contributed by atoms with E-state index in [-0.39, 0.29) is 5.41 Å². The molecule has 49 heavy (non-hydrogen) atoms. The van der Waals surface area contributed by atoms with Gasteiger partial charge < -0.3 is 0 Å². The molecule has 8 aromatic rings. The number of rotatable bonds is 3. The number of fused-ring (bicyclic) bond motifs is 7. The fourth-order valence-electron chi connectivity index (χ4n) is 8.25. The van der Waals surface area contributed by atoms with Gasteiger partial charge >= 0.3 is 0 Å². The SMILES string of the molecule is Cc1cnc2c(ccc3c(C)c(C)c(-c4ccc(-c5cccc6c(-c7ccc8c(c7)C(C)(C)c7ccccc7-8)cccc56)cc4)nc32)c1C. The summed E-state index contributed by atoms with van der Waals surface area (Å²) >= 11 is 0. The third-order valence-corrected chi connectivity index (χ3v) is 11.4. The molecule has 2 nitrogen and oxygen atoms in total. The summed E-state index contributed by atoms with van der Waals surface area (Å²) in [5, 5.41) is 4.87. The molecular weight excluding hydrogens is 593 g/mol. The average molecular weight is 631 g/mol. The summed E-state index contributed by atoms with van der Waals surface area (Å²) in [6, 6.07) is 42.7. The van der Waals surface area contributed by atoms with E-state index in [1.807, 2.05) is 6.20 Å². The summed E-state index contributed by atoms with van der Waals surface area (Å²) in [7, 11) is 0. The second kappa shape index (κ2) is 10.7. The van der Waals surface area contributed by atoms with E-state index >= 15 is 0 Å². The van der Waals surface area contributed by atoms with Gasteiger partial charge in [-0.2, -0.15) is 0 Å². The summed E-state index contributed by atoms with van der Waals surface area (Å²) in [4.78, 5) is 10.1. The molecule has 1 aliphatic rings. The molecule has 0 fully saturated rings. The van der Waals surface area contributed by atoms with Crippen molar-refractivity contribution in [3.05, 3.63) is 155 Å². The largest absolute Gasteiger partial charge is 0.254 e. The lowest BCUT2D eigenvalue weighted by Gasteiger charge is -2.22. The van der Waals surface area contributed by atoms with Crippen molar-refractivity contribution in [3.8, 4) is 44.6 Å². The molecule has 236 valence electrons. The number of aromatic nitrogens is 2. The van der Waals surface area contributed by atoms with Crippen molar-refractivity contribution in [2.45, 2.75) is 47.0 Å². The van der Waals surface area contributed by atoms with Gasteiger partial charge in [0.1, 0.15) is 0 Å². The maximum absolute atomic E-state index is 5.29. The number of benzene rings is 6. The van der Waals surface area contributed by atoms with Crippen molar-refractivity contribution < 1.29 is 0 Å². The highest BCUT2D eigenvalue weighted by molar-refractivity contribution is 6.07. The standard InChI is InChI=1S/C47H38N2/c1-27-26-48-45-34(28(27)2)23-24-35-29(3)30(4)44(49-46(35)45)32-19-17-31(18-20-32)36-12-9-15-39-37(13-10-14-38(36)39)33-21-22-41-40-11-7-8-16-42(40)47(5,6)43(41)25-33/h7-26H,1-6H3. The molecule has 0 amide bonds. The Morgan fingerprint density at radius 2 is 1.04 bits per heavy atom. The molecule has 0 bridgehead atoms. The second-order valence-electron chi connectivity index (χ2n) is 14.3. The quantitative estimate of drug-likeness (QED) is 0.182. The molecule has 0 saturated heterocycles. The summed E-state index contributed by atoms with van der Waals surface area (Å²) in [5.41, 5.74) is 19.5. The summed E-state index contributed by atoms with van der Waals surface area (Å²) in [6.07, 6.45) is 1.97. The Balaban J connectivity index is 1.13. The van der Waals surface area contributed by atoms with Gasteiger partial charge in [-0.15, -0.1) is 0 Å². The third-order valence-electron chi connectivity index (χ3n) is 11.4. The second-order valence-corrected chi connectivity index (χ2v) is 14.3. The zero-order valence-corrected chi connectivity index (χ0v) is 28.9. The highest BCUT2D eigenvalue weighted by Crippen LogP contribution is 2.50. The minimum atomic E-state index is -0.0299. The Morgan fingerprint density at radius 3 is 1.78 bits per heavy atom. The first kappa shape index (κ1) is 29.5. The zero-order valence-electron chi connectivity index (χ0n) is 28.9. The van der Waals surface area contributed by atoms with Crippen LogP contribution in [-0.2, 0) is 5.41 Å². The van der Waals surface area contributed by atoms with Crippen molar-refractivity contribution in [3.63, 3.8) is 0 Å². The van der Waals surface area contributed by atoms with Gasteiger partial charge in [0.05, 0.1) is 16.7 Å². The van der Waals surface area contributed by atoms with Crippen molar-refractivity contribution in [1.82, 2.24) is 9.97 Å². The molecule has 1 aliphatic carbocycles. The van der Waals surface area contributed by atoms with Gasteiger partial charge in [0.2, 0.25) is 0 Å². The van der Waals surface area contributed by atoms with Crippen LogP contribution in [0.3, 0.4) is 0 Å². The first-order valence-corrected chi connectivity index (χ1v) is 17.3. The molecule has 0 spiro atoms. The van der Waals surface area contributed by atoms with E-state index < -0.39 is 0 Å². The average Bonchev–Trinajstić information content (AvgIpc) is 3.36. The number of hydrogen-bond donors (Lipinski definition) is 0. The Kier molecular flexibility index (Phi) is 6.45. The number of aryl methyl sites for hydroxylation is 3. The van der Waals surface area contributed by atoms with Crippen molar-refractivity contribution in [2.75, 3.05) is 0 Å². The van der Waals surface area contributed by atoms with Crippen LogP contribution in [0.5, 0.6) is 0 Å². The number of pyridine rings is 2. The Labute approximate surface area is 288 Å². The monoisotopic (exact) mass is 630 g/mol. The van der Waals surface area contributed by atoms with Crippen LogP contribution in [0.4, 0.5) is 0 Å². The van der Waals surface area contributed by atoms with Crippen LogP contribution in [-0.4, -0.2) is 9.97 Å². The molecule has 0 atom stereocenters. The lowest BCUT2D eigenvalue weighted by atomic mass is 9.81. The minimum Gasteiger partial charge on any atom is -0.254 e. The molecule has 0 N–H and O–H groups in total. The molecular formula is C47H38N2. The first-order chi connectivity index (χ1) is 23.7. The molecule has 9 rings (SSSR count). The Bertz CT molecular complexity index is 2660. The van der Waals surface area contributed by atoms with Crippen LogP contribution in [0.2, 0.25) is 0 Å². The van der Waals surface area contributed by atoms with Crippen LogP contribution in [0.15, 0.2) is 121 Å². The topological polar surface area (TPSA) is 25.8 Å². The van der Waals surface area contributed by atoms with Crippen LogP contribution in [0, 0.1) is 27.7 Å². The Hall–Kier alpha value is -5.60. The summed E-state index contributed by atoms with van der Waals surface area (Å²) in [6.45, 7) is 13.4. The maximum atomic E-state index is 5.29. The number of nitrogens with zero attached hydrogens (tertiary/aromatic N) is 2. The fourth-order valence-corrected chi connectivity index (χ4v) is 8.25. The summed E-state index contributed by atoms with van der Waals surface area (Å²) < 4.78 is 0. The summed E-state index contributed by atoms with van der Waals surface area (Å²) in [5.74, 6) is 0. The minimum absolute atomic E-state index is 0.0299. The number of hydrogen-bond acceptors (Lipinski definition) is 2. The van der Waals surface area contributed by atoms with Crippen LogP contribution in [0.25, 0.3) is 77.2 Å². The van der Waals surface area contributed by atoms with Gasteiger partial charge in [0.15, 0.2) is 0 Å². The van der Waals surface area contributed by atoms with Crippen LogP contribution >= 0.6 is 0 Å². The predicted octanol–water partition coefficient (Wildman–Crippen LogP) is 12.5. The Morgan fingerprint density at radius 1 is 0.449 bits per heavy atom. The van der Waals surface area contributed by atoms with E-state index in [0.29, 0.717) is 0 Å². The van der Waals surface area contributed by atoms with Gasteiger partial charge in [-0.1, -0.05) is 123 Å². The maximum Gasteiger partial charge on any atom is 0.0975 e. The van der Waals surface area contributed by atoms with Crippen molar-refractivity contribution in [2.24, 2.45) is 0 Å². The molecule has 0 unspecified atom stereocenters.